The lowest BCUT2D eigenvalue weighted by Gasteiger charge is -2.01. The van der Waals surface area contributed by atoms with Gasteiger partial charge in [0.1, 0.15) is 0 Å². The number of nitrogens with one attached hydrogen (secondary N) is 2. The molecular weight excluding hydrogens is 158 g/mol. The van der Waals surface area contributed by atoms with E-state index in [2.05, 4.69) is 32.0 Å². The van der Waals surface area contributed by atoms with Crippen molar-refractivity contribution in [3.63, 3.8) is 0 Å². The lowest BCUT2D eigenvalue weighted by atomic mass is 10.7. The van der Waals surface area contributed by atoms with Crippen LogP contribution in [0.5, 0.6) is 0 Å². The van der Waals surface area contributed by atoms with Gasteiger partial charge >= 0.3 is 0 Å². The summed E-state index contributed by atoms with van der Waals surface area (Å²) in [5, 5.41) is 3.66. The summed E-state index contributed by atoms with van der Waals surface area (Å²) in [6.07, 6.45) is 3.42. The average Bonchev–Trinajstić information content (AvgIpc) is 1.69. The first-order valence-corrected chi connectivity index (χ1v) is 2.58. The molecule has 0 aromatic heterocycles. The number of halogens is 1. The van der Waals surface area contributed by atoms with Crippen LogP contribution in [0.2, 0.25) is 0 Å². The number of hydrogen-bond donors (Lipinski definition) is 2. The first-order chi connectivity index (χ1) is 3.39. The summed E-state index contributed by atoms with van der Waals surface area (Å²) in [7, 11) is 0. The van der Waals surface area contributed by atoms with E-state index in [1.807, 2.05) is 0 Å². The number of hydrogen-bond acceptors (Lipinski definition) is 3. The van der Waals surface area contributed by atoms with Gasteiger partial charge in [0, 0.05) is 6.20 Å². The summed E-state index contributed by atoms with van der Waals surface area (Å²) in [6.45, 7) is 0. The predicted octanol–water partition coefficient (Wildman–Crippen LogP) is 0.316. The van der Waals surface area contributed by atoms with Gasteiger partial charge in [-0.1, -0.05) is 0 Å². The minimum Gasteiger partial charge on any atom is -0.291 e. The monoisotopic (exact) mass is 161 g/mol. The zero-order chi connectivity index (χ0) is 5.11. The molecule has 7 heavy (non-hydrogen) atoms. The van der Waals surface area contributed by atoms with Gasteiger partial charge in [-0.3, -0.25) is 5.43 Å². The molecule has 0 fully saturated rings. The molecule has 0 spiro atoms. The van der Waals surface area contributed by atoms with Gasteiger partial charge in [0.25, 0.3) is 0 Å². The maximum absolute atomic E-state index is 3.66. The van der Waals surface area contributed by atoms with Crippen molar-refractivity contribution in [1.29, 1.82) is 0 Å². The second-order valence-corrected chi connectivity index (χ2v) is 1.96. The highest BCUT2D eigenvalue weighted by atomic mass is 79.9. The zero-order valence-electron chi connectivity index (χ0n) is 3.48. The van der Waals surface area contributed by atoms with E-state index < -0.39 is 0 Å². The van der Waals surface area contributed by atoms with E-state index in [1.165, 1.54) is 0 Å². The van der Waals surface area contributed by atoms with Crippen molar-refractivity contribution in [3.05, 3.63) is 10.7 Å². The zero-order valence-corrected chi connectivity index (χ0v) is 5.07. The van der Waals surface area contributed by atoms with Crippen LogP contribution in [-0.2, 0) is 0 Å². The van der Waals surface area contributed by atoms with Crippen LogP contribution in [0.25, 0.3) is 0 Å². The van der Waals surface area contributed by atoms with Crippen LogP contribution in [0.3, 0.4) is 0 Å². The molecular formula is C3H4BrN3. The van der Waals surface area contributed by atoms with Gasteiger partial charge in [0.2, 0.25) is 0 Å². The van der Waals surface area contributed by atoms with Gasteiger partial charge in [-0.2, -0.15) is 5.10 Å². The summed E-state index contributed by atoms with van der Waals surface area (Å²) in [5.74, 6) is 0. The fourth-order valence-corrected chi connectivity index (χ4v) is 0.487. The van der Waals surface area contributed by atoms with Crippen LogP contribution < -0.4 is 11.0 Å². The van der Waals surface area contributed by atoms with Crippen LogP contribution >= 0.6 is 15.9 Å². The summed E-state index contributed by atoms with van der Waals surface area (Å²) < 4.78 is 0.936. The quantitative estimate of drug-likeness (QED) is 0.537. The molecule has 1 aliphatic heterocycles. The molecule has 0 aromatic carbocycles. The number of nitrogens with zero attached hydrogens (tertiary/aromatic N) is 1. The largest absolute Gasteiger partial charge is 0.291 e. The third-order valence-electron chi connectivity index (χ3n) is 0.527. The van der Waals surface area contributed by atoms with E-state index in [4.69, 9.17) is 0 Å². The summed E-state index contributed by atoms with van der Waals surface area (Å²) in [6, 6.07) is 0. The van der Waals surface area contributed by atoms with Gasteiger partial charge in [0.15, 0.2) is 0 Å². The Morgan fingerprint density at radius 2 is 2.57 bits per heavy atom. The van der Waals surface area contributed by atoms with Crippen LogP contribution in [-0.4, -0.2) is 6.21 Å². The van der Waals surface area contributed by atoms with Crippen LogP contribution in [0.15, 0.2) is 15.8 Å². The molecule has 1 heterocycles. The molecule has 1 aliphatic rings. The molecule has 0 saturated heterocycles. The Kier molecular flexibility index (Phi) is 1.31. The molecule has 0 aromatic rings. The van der Waals surface area contributed by atoms with E-state index >= 15 is 0 Å². The normalized spacial score (nSPS) is 17.0. The predicted molar refractivity (Wildman–Crippen MR) is 31.8 cm³/mol. The highest BCUT2D eigenvalue weighted by Crippen LogP contribution is 1.98. The summed E-state index contributed by atoms with van der Waals surface area (Å²) >= 11 is 3.20. The highest BCUT2D eigenvalue weighted by Gasteiger charge is 1.86. The third-order valence-corrected chi connectivity index (χ3v) is 0.961. The van der Waals surface area contributed by atoms with E-state index in [9.17, 15) is 0 Å². The fourth-order valence-electron chi connectivity index (χ4n) is 0.270. The van der Waals surface area contributed by atoms with Crippen molar-refractivity contribution in [1.82, 2.24) is 11.0 Å². The molecule has 38 valence electrons. The van der Waals surface area contributed by atoms with Gasteiger partial charge in [0.05, 0.1) is 10.7 Å². The van der Waals surface area contributed by atoms with Crippen molar-refractivity contribution < 1.29 is 0 Å². The first kappa shape index (κ1) is 4.64. The Hall–Kier alpha value is -0.510. The molecule has 2 N–H and O–H groups in total. The molecule has 0 bridgehead atoms. The molecule has 0 saturated carbocycles. The molecule has 0 aliphatic carbocycles. The van der Waals surface area contributed by atoms with E-state index in [1.54, 1.807) is 12.4 Å². The minimum absolute atomic E-state index is 0.936. The lowest BCUT2D eigenvalue weighted by molar-refractivity contribution is 0.663. The van der Waals surface area contributed by atoms with E-state index in [0.717, 1.165) is 4.48 Å². The molecule has 3 nitrogen and oxygen atoms in total. The minimum atomic E-state index is 0.936. The van der Waals surface area contributed by atoms with Crippen LogP contribution in [0.4, 0.5) is 0 Å². The Bertz CT molecular complexity index is 117. The first-order valence-electron chi connectivity index (χ1n) is 1.79. The SMILES string of the molecule is BrC1=CNNN=C1. The van der Waals surface area contributed by atoms with Gasteiger partial charge in [-0.05, 0) is 15.9 Å². The Morgan fingerprint density at radius 3 is 2.86 bits per heavy atom. The topological polar surface area (TPSA) is 36.4 Å². The average molecular weight is 162 g/mol. The fraction of sp³-hybridized carbons (Fsp3) is 0. The molecule has 1 rings (SSSR count). The number of rotatable bonds is 0. The van der Waals surface area contributed by atoms with Crippen molar-refractivity contribution in [2.45, 2.75) is 0 Å². The molecule has 0 atom stereocenters. The van der Waals surface area contributed by atoms with Gasteiger partial charge in [-0.15, -0.1) is 0 Å². The second-order valence-electron chi connectivity index (χ2n) is 1.04. The number of allylic oxidation sites excluding steroid dienone is 1. The van der Waals surface area contributed by atoms with E-state index in [-0.39, 0.29) is 0 Å². The number of hydrazine groups is 1. The van der Waals surface area contributed by atoms with Crippen molar-refractivity contribution >= 4 is 22.1 Å². The Labute approximate surface area is 49.6 Å². The third kappa shape index (κ3) is 1.19. The standard InChI is InChI=1S/C3H4BrN3/c4-3-1-5-7-6-2-3/h1-2,5,7H. The summed E-state index contributed by atoms with van der Waals surface area (Å²) in [4.78, 5) is 0. The lowest BCUT2D eigenvalue weighted by Crippen LogP contribution is -2.23. The van der Waals surface area contributed by atoms with Crippen molar-refractivity contribution in [2.24, 2.45) is 5.10 Å². The van der Waals surface area contributed by atoms with Gasteiger partial charge < -0.3 is 0 Å². The maximum Gasteiger partial charge on any atom is 0.0645 e. The Morgan fingerprint density at radius 1 is 1.71 bits per heavy atom. The van der Waals surface area contributed by atoms with Crippen LogP contribution in [0.1, 0.15) is 0 Å². The van der Waals surface area contributed by atoms with Crippen LogP contribution in [0, 0.1) is 0 Å². The van der Waals surface area contributed by atoms with E-state index in [0.29, 0.717) is 0 Å². The molecule has 0 amide bonds. The molecule has 0 unspecified atom stereocenters. The highest BCUT2D eigenvalue weighted by molar-refractivity contribution is 9.12. The van der Waals surface area contributed by atoms with Crippen molar-refractivity contribution in [3.8, 4) is 0 Å². The summed E-state index contributed by atoms with van der Waals surface area (Å²) in [5.41, 5.74) is 5.21. The Balaban J connectivity index is 2.58. The smallest absolute Gasteiger partial charge is 0.0645 e. The van der Waals surface area contributed by atoms with Gasteiger partial charge in [-0.25, -0.2) is 5.53 Å². The maximum atomic E-state index is 3.66. The second kappa shape index (κ2) is 1.97. The molecule has 0 radical (unpaired) electrons. The number of hydrazone groups is 1. The molecule has 4 heteroatoms. The van der Waals surface area contributed by atoms with Crippen molar-refractivity contribution in [2.75, 3.05) is 0 Å².